The minimum atomic E-state index is -1.10. The molecule has 0 radical (unpaired) electrons. The Morgan fingerprint density at radius 2 is 2.04 bits per heavy atom. The van der Waals surface area contributed by atoms with E-state index >= 15 is 0 Å². The zero-order valence-electron chi connectivity index (χ0n) is 14.8. The lowest BCUT2D eigenvalue weighted by molar-refractivity contribution is -0.128. The first-order valence-electron chi connectivity index (χ1n) is 8.53. The third-order valence-corrected chi connectivity index (χ3v) is 4.78. The Hall–Kier alpha value is -3.01. The number of hydrogen-bond donors (Lipinski definition) is 3. The number of nitrogens with two attached hydrogens (primary N) is 1. The number of amides is 2. The minimum Gasteiger partial charge on any atom is -0.465 e. The molecule has 0 aliphatic carbocycles. The topological polar surface area (TPSA) is 126 Å². The van der Waals surface area contributed by atoms with Crippen LogP contribution in [0.2, 0.25) is 0 Å². The van der Waals surface area contributed by atoms with Crippen LogP contribution in [0.25, 0.3) is 5.82 Å². The van der Waals surface area contributed by atoms with Crippen molar-refractivity contribution in [1.82, 2.24) is 25.0 Å². The first kappa shape index (κ1) is 18.8. The number of carbonyl (C=O) groups is 2. The highest BCUT2D eigenvalue weighted by Gasteiger charge is 2.39. The maximum atomic E-state index is 13.0. The van der Waals surface area contributed by atoms with E-state index in [1.54, 1.807) is 25.3 Å². The summed E-state index contributed by atoms with van der Waals surface area (Å²) < 4.78 is 14.4. The van der Waals surface area contributed by atoms with E-state index < -0.39 is 17.4 Å². The van der Waals surface area contributed by atoms with Gasteiger partial charge in [0.15, 0.2) is 11.6 Å². The van der Waals surface area contributed by atoms with Crippen molar-refractivity contribution in [3.8, 4) is 5.82 Å². The SMILES string of the molecule is CC(NC(=O)C1(N)CCN(C(=O)O)CC1)c1ccc(-n2cc(F)cn2)nc1. The van der Waals surface area contributed by atoms with E-state index in [9.17, 15) is 14.0 Å². The summed E-state index contributed by atoms with van der Waals surface area (Å²) in [6.45, 7) is 2.26. The number of likely N-dealkylation sites (tertiary alicyclic amines) is 1. The van der Waals surface area contributed by atoms with Gasteiger partial charge in [0, 0.05) is 19.3 Å². The highest BCUT2D eigenvalue weighted by atomic mass is 19.1. The summed E-state index contributed by atoms with van der Waals surface area (Å²) in [6.07, 6.45) is 3.41. The number of rotatable bonds is 4. The summed E-state index contributed by atoms with van der Waals surface area (Å²) >= 11 is 0. The molecule has 2 aromatic rings. The zero-order valence-corrected chi connectivity index (χ0v) is 14.8. The summed E-state index contributed by atoms with van der Waals surface area (Å²) in [5.74, 6) is -0.320. The van der Waals surface area contributed by atoms with Gasteiger partial charge in [0.1, 0.15) is 0 Å². The molecular weight excluding hydrogens is 355 g/mol. The van der Waals surface area contributed by atoms with Crippen LogP contribution in [0.15, 0.2) is 30.7 Å². The number of nitrogens with zero attached hydrogens (tertiary/aromatic N) is 4. The van der Waals surface area contributed by atoms with Crippen LogP contribution < -0.4 is 11.1 Å². The second kappa shape index (κ2) is 7.31. The van der Waals surface area contributed by atoms with Gasteiger partial charge in [-0.05, 0) is 31.4 Å². The molecule has 9 nitrogen and oxygen atoms in total. The molecule has 2 amide bonds. The first-order valence-corrected chi connectivity index (χ1v) is 8.53. The number of carboxylic acid groups (broad SMARTS) is 1. The summed E-state index contributed by atoms with van der Waals surface area (Å²) in [7, 11) is 0. The van der Waals surface area contributed by atoms with Crippen LogP contribution >= 0.6 is 0 Å². The monoisotopic (exact) mass is 376 g/mol. The quantitative estimate of drug-likeness (QED) is 0.732. The number of pyridine rings is 1. The molecule has 27 heavy (non-hydrogen) atoms. The van der Waals surface area contributed by atoms with Crippen LogP contribution in [0.4, 0.5) is 9.18 Å². The molecule has 2 aromatic heterocycles. The van der Waals surface area contributed by atoms with Gasteiger partial charge in [0.25, 0.3) is 0 Å². The van der Waals surface area contributed by atoms with Gasteiger partial charge in [-0.3, -0.25) is 4.79 Å². The number of nitrogens with one attached hydrogen (secondary N) is 1. The van der Waals surface area contributed by atoms with E-state index in [0.29, 0.717) is 5.82 Å². The molecule has 3 heterocycles. The van der Waals surface area contributed by atoms with Crippen molar-refractivity contribution < 1.29 is 19.1 Å². The largest absolute Gasteiger partial charge is 0.465 e. The summed E-state index contributed by atoms with van der Waals surface area (Å²) in [4.78, 5) is 29.1. The van der Waals surface area contributed by atoms with E-state index in [2.05, 4.69) is 15.4 Å². The smallest absolute Gasteiger partial charge is 0.407 e. The zero-order chi connectivity index (χ0) is 19.6. The number of aromatic nitrogens is 3. The molecule has 1 aliphatic heterocycles. The van der Waals surface area contributed by atoms with Crippen LogP contribution in [0.3, 0.4) is 0 Å². The second-order valence-electron chi connectivity index (χ2n) is 6.67. The van der Waals surface area contributed by atoms with Crippen molar-refractivity contribution >= 4 is 12.0 Å². The highest BCUT2D eigenvalue weighted by molar-refractivity contribution is 5.86. The molecule has 4 N–H and O–H groups in total. The van der Waals surface area contributed by atoms with E-state index in [0.717, 1.165) is 11.8 Å². The van der Waals surface area contributed by atoms with Gasteiger partial charge in [-0.2, -0.15) is 5.10 Å². The standard InChI is InChI=1S/C17H21FN6O3/c1-11(12-2-3-14(20-8-12)24-10-13(18)9-21-24)22-15(25)17(19)4-6-23(7-5-17)16(26)27/h2-3,8-11H,4-7,19H2,1H3,(H,22,25)(H,26,27). The van der Waals surface area contributed by atoms with Gasteiger partial charge in [-0.1, -0.05) is 6.07 Å². The molecule has 1 saturated heterocycles. The molecular formula is C17H21FN6O3. The lowest BCUT2D eigenvalue weighted by Gasteiger charge is -2.37. The van der Waals surface area contributed by atoms with Gasteiger partial charge in [0.2, 0.25) is 5.91 Å². The Bertz CT molecular complexity index is 829. The van der Waals surface area contributed by atoms with Gasteiger partial charge < -0.3 is 21.1 Å². The van der Waals surface area contributed by atoms with Gasteiger partial charge in [-0.25, -0.2) is 18.9 Å². The Morgan fingerprint density at radius 1 is 1.33 bits per heavy atom. The predicted octanol–water partition coefficient (Wildman–Crippen LogP) is 1.05. The fraction of sp³-hybridized carbons (Fsp3) is 0.412. The molecule has 1 unspecified atom stereocenters. The Labute approximate surface area is 155 Å². The fourth-order valence-corrected chi connectivity index (χ4v) is 2.96. The minimum absolute atomic E-state index is 0.227. The average Bonchev–Trinajstić information content (AvgIpc) is 3.08. The lowest BCUT2D eigenvalue weighted by Crippen LogP contribution is -2.60. The molecule has 10 heteroatoms. The molecule has 1 fully saturated rings. The third-order valence-electron chi connectivity index (χ3n) is 4.78. The van der Waals surface area contributed by atoms with E-state index in [-0.39, 0.29) is 37.9 Å². The maximum Gasteiger partial charge on any atom is 0.407 e. The third kappa shape index (κ3) is 4.05. The van der Waals surface area contributed by atoms with Crippen molar-refractivity contribution in [1.29, 1.82) is 0 Å². The van der Waals surface area contributed by atoms with E-state index in [1.807, 2.05) is 0 Å². The van der Waals surface area contributed by atoms with Crippen LogP contribution in [-0.2, 0) is 4.79 Å². The molecule has 144 valence electrons. The number of halogens is 1. The Balaban J connectivity index is 1.62. The van der Waals surface area contributed by atoms with Crippen molar-refractivity contribution in [2.24, 2.45) is 5.73 Å². The lowest BCUT2D eigenvalue weighted by atomic mass is 9.87. The van der Waals surface area contributed by atoms with Crippen LogP contribution in [0.1, 0.15) is 31.4 Å². The van der Waals surface area contributed by atoms with Gasteiger partial charge >= 0.3 is 6.09 Å². The molecule has 0 aromatic carbocycles. The molecule has 3 rings (SSSR count). The maximum absolute atomic E-state index is 13.0. The van der Waals surface area contributed by atoms with Crippen molar-refractivity contribution in [2.45, 2.75) is 31.3 Å². The molecule has 1 aliphatic rings. The van der Waals surface area contributed by atoms with Crippen LogP contribution in [0.5, 0.6) is 0 Å². The normalized spacial score (nSPS) is 17.4. The van der Waals surface area contributed by atoms with Gasteiger partial charge in [-0.15, -0.1) is 0 Å². The summed E-state index contributed by atoms with van der Waals surface area (Å²) in [6, 6.07) is 3.10. The van der Waals surface area contributed by atoms with E-state index in [1.165, 1.54) is 15.8 Å². The van der Waals surface area contributed by atoms with Crippen molar-refractivity contribution in [3.05, 3.63) is 42.1 Å². The Kier molecular flexibility index (Phi) is 5.08. The molecule has 0 saturated carbocycles. The molecule has 1 atom stereocenters. The van der Waals surface area contributed by atoms with Crippen LogP contribution in [0, 0.1) is 5.82 Å². The number of piperidine rings is 1. The Morgan fingerprint density at radius 3 is 2.56 bits per heavy atom. The van der Waals surface area contributed by atoms with Gasteiger partial charge in [0.05, 0.1) is 24.0 Å². The number of carbonyl (C=O) groups excluding carboxylic acids is 1. The second-order valence-corrected chi connectivity index (χ2v) is 6.67. The summed E-state index contributed by atoms with van der Waals surface area (Å²) in [5, 5.41) is 15.7. The highest BCUT2D eigenvalue weighted by Crippen LogP contribution is 2.22. The van der Waals surface area contributed by atoms with Crippen LogP contribution in [-0.4, -0.2) is 55.4 Å². The predicted molar refractivity (Wildman–Crippen MR) is 93.6 cm³/mol. The average molecular weight is 376 g/mol. The molecule has 0 bridgehead atoms. The van der Waals surface area contributed by atoms with E-state index in [4.69, 9.17) is 10.8 Å². The number of hydrogen-bond acceptors (Lipinski definition) is 5. The first-order chi connectivity index (χ1) is 12.8. The summed E-state index contributed by atoms with van der Waals surface area (Å²) in [5.41, 5.74) is 5.86. The fourth-order valence-electron chi connectivity index (χ4n) is 2.96. The molecule has 0 spiro atoms. The van der Waals surface area contributed by atoms with Crippen molar-refractivity contribution in [2.75, 3.05) is 13.1 Å². The van der Waals surface area contributed by atoms with Crippen molar-refractivity contribution in [3.63, 3.8) is 0 Å².